The largest absolute Gasteiger partial charge is 0.478 e. The highest BCUT2D eigenvalue weighted by Crippen LogP contribution is 2.66. The summed E-state index contributed by atoms with van der Waals surface area (Å²) in [4.78, 5) is 23.3. The second-order valence-corrected chi connectivity index (χ2v) is 11.2. The average Bonchev–Trinajstić information content (AvgIpc) is 3.01. The first-order chi connectivity index (χ1) is 20.5. The van der Waals surface area contributed by atoms with Gasteiger partial charge in [0, 0.05) is 0 Å². The van der Waals surface area contributed by atoms with Crippen molar-refractivity contribution in [2.75, 3.05) is 0 Å². The number of benzene rings is 6. The van der Waals surface area contributed by atoms with E-state index in [1.54, 1.807) is 24.3 Å². The van der Waals surface area contributed by atoms with Crippen LogP contribution in [-0.2, 0) is 0 Å². The smallest absolute Gasteiger partial charge is 0.335 e. The number of rotatable bonds is 6. The molecule has 0 radical (unpaired) electrons. The fourth-order valence-electron chi connectivity index (χ4n) is 6.93. The molecule has 4 unspecified atom stereocenters. The van der Waals surface area contributed by atoms with Crippen molar-refractivity contribution in [2.24, 2.45) is 0 Å². The van der Waals surface area contributed by atoms with Gasteiger partial charge in [-0.1, -0.05) is 109 Å². The lowest BCUT2D eigenvalue weighted by Crippen LogP contribution is -2.40. The summed E-state index contributed by atoms with van der Waals surface area (Å²) in [6.07, 6.45) is 0. The molecular formula is C38H28O4. The molecule has 4 atom stereocenters. The van der Waals surface area contributed by atoms with Gasteiger partial charge in [0.25, 0.3) is 0 Å². The van der Waals surface area contributed by atoms with Crippen molar-refractivity contribution in [2.45, 2.75) is 23.7 Å². The van der Waals surface area contributed by atoms with Gasteiger partial charge in [0.1, 0.15) is 0 Å². The van der Waals surface area contributed by atoms with Crippen LogP contribution in [0.3, 0.4) is 0 Å². The van der Waals surface area contributed by atoms with Gasteiger partial charge >= 0.3 is 11.9 Å². The molecule has 1 saturated carbocycles. The van der Waals surface area contributed by atoms with Gasteiger partial charge in [0.2, 0.25) is 0 Å². The summed E-state index contributed by atoms with van der Waals surface area (Å²) in [6.45, 7) is 0. The number of carboxylic acids is 2. The molecule has 0 aliphatic heterocycles. The first kappa shape index (κ1) is 25.7. The van der Waals surface area contributed by atoms with Crippen molar-refractivity contribution in [3.8, 4) is 0 Å². The molecule has 1 aliphatic rings. The zero-order chi connectivity index (χ0) is 28.8. The van der Waals surface area contributed by atoms with Gasteiger partial charge in [0.15, 0.2) is 0 Å². The van der Waals surface area contributed by atoms with Crippen LogP contribution in [-0.4, -0.2) is 22.2 Å². The Labute approximate surface area is 243 Å². The number of hydrogen-bond donors (Lipinski definition) is 2. The van der Waals surface area contributed by atoms with Crippen molar-refractivity contribution < 1.29 is 19.8 Å². The van der Waals surface area contributed by atoms with Crippen LogP contribution >= 0.6 is 0 Å². The quantitative estimate of drug-likeness (QED) is 0.218. The van der Waals surface area contributed by atoms with E-state index in [0.717, 1.165) is 11.1 Å². The maximum absolute atomic E-state index is 11.6. The fourth-order valence-corrected chi connectivity index (χ4v) is 6.93. The number of carboxylic acid groups (broad SMARTS) is 2. The van der Waals surface area contributed by atoms with Crippen LogP contribution in [0.5, 0.6) is 0 Å². The van der Waals surface area contributed by atoms with Gasteiger partial charge in [0.05, 0.1) is 11.1 Å². The molecule has 0 aromatic heterocycles. The maximum atomic E-state index is 11.6. The summed E-state index contributed by atoms with van der Waals surface area (Å²) >= 11 is 0. The van der Waals surface area contributed by atoms with Gasteiger partial charge in [-0.25, -0.2) is 9.59 Å². The monoisotopic (exact) mass is 548 g/mol. The van der Waals surface area contributed by atoms with Crippen LogP contribution in [0.1, 0.15) is 66.6 Å². The SMILES string of the molecule is O=C(O)c1ccc(C2C(c3ccc(C(=O)O)cc3)C(c3ccc4ccccc4c3)C2c2ccc3ccccc3c2)cc1. The Kier molecular flexibility index (Phi) is 6.32. The molecule has 6 aromatic rings. The molecule has 42 heavy (non-hydrogen) atoms. The van der Waals surface area contributed by atoms with E-state index in [-0.39, 0.29) is 34.8 Å². The summed E-state index contributed by atoms with van der Waals surface area (Å²) in [6, 6.07) is 44.6. The molecule has 0 heterocycles. The first-order valence-electron chi connectivity index (χ1n) is 14.1. The number of fused-ring (bicyclic) bond motifs is 2. The maximum Gasteiger partial charge on any atom is 0.335 e. The zero-order valence-corrected chi connectivity index (χ0v) is 22.7. The molecule has 2 N–H and O–H groups in total. The summed E-state index contributed by atoms with van der Waals surface area (Å²) in [5, 5.41) is 23.8. The van der Waals surface area contributed by atoms with Crippen molar-refractivity contribution in [3.63, 3.8) is 0 Å². The molecule has 0 amide bonds. The molecule has 4 nitrogen and oxygen atoms in total. The molecule has 0 saturated heterocycles. The van der Waals surface area contributed by atoms with Crippen LogP contribution < -0.4 is 0 Å². The van der Waals surface area contributed by atoms with Gasteiger partial charge in [-0.05, 0) is 91.7 Å². The third kappa shape index (κ3) is 4.42. The molecule has 1 aliphatic carbocycles. The summed E-state index contributed by atoms with van der Waals surface area (Å²) < 4.78 is 0. The molecule has 0 spiro atoms. The predicted molar refractivity (Wildman–Crippen MR) is 166 cm³/mol. The molecule has 7 rings (SSSR count). The highest BCUT2D eigenvalue weighted by atomic mass is 16.4. The molecule has 0 bridgehead atoms. The number of aromatic carboxylic acids is 2. The van der Waals surface area contributed by atoms with Crippen LogP contribution in [0.15, 0.2) is 133 Å². The van der Waals surface area contributed by atoms with Gasteiger partial charge < -0.3 is 10.2 Å². The summed E-state index contributed by atoms with van der Waals surface area (Å²) in [5.74, 6) is -1.54. The Morgan fingerprint density at radius 3 is 1.05 bits per heavy atom. The minimum atomic E-state index is -0.948. The lowest BCUT2D eigenvalue weighted by Gasteiger charge is -2.54. The topological polar surface area (TPSA) is 74.6 Å². The number of hydrogen-bond acceptors (Lipinski definition) is 2. The van der Waals surface area contributed by atoms with E-state index in [2.05, 4.69) is 72.8 Å². The third-order valence-corrected chi connectivity index (χ3v) is 8.95. The number of carbonyl (C=O) groups is 2. The predicted octanol–water partition coefficient (Wildman–Crippen LogP) is 8.84. The Morgan fingerprint density at radius 1 is 0.381 bits per heavy atom. The van der Waals surface area contributed by atoms with Gasteiger partial charge in [-0.3, -0.25) is 0 Å². The zero-order valence-electron chi connectivity index (χ0n) is 22.7. The molecule has 6 aromatic carbocycles. The van der Waals surface area contributed by atoms with E-state index < -0.39 is 11.9 Å². The van der Waals surface area contributed by atoms with Crippen LogP contribution in [0.4, 0.5) is 0 Å². The fraction of sp³-hybridized carbons (Fsp3) is 0.105. The van der Waals surface area contributed by atoms with Gasteiger partial charge in [-0.15, -0.1) is 0 Å². The van der Waals surface area contributed by atoms with Crippen molar-refractivity contribution >= 4 is 33.5 Å². The van der Waals surface area contributed by atoms with E-state index in [4.69, 9.17) is 0 Å². The molecule has 1 fully saturated rings. The van der Waals surface area contributed by atoms with E-state index in [9.17, 15) is 19.8 Å². The van der Waals surface area contributed by atoms with Crippen LogP contribution in [0.2, 0.25) is 0 Å². The van der Waals surface area contributed by atoms with Crippen molar-refractivity contribution in [3.05, 3.63) is 167 Å². The highest BCUT2D eigenvalue weighted by Gasteiger charge is 2.52. The highest BCUT2D eigenvalue weighted by molar-refractivity contribution is 5.88. The molecular weight excluding hydrogens is 520 g/mol. The Bertz CT molecular complexity index is 1810. The third-order valence-electron chi connectivity index (χ3n) is 8.95. The Hall–Kier alpha value is -5.22. The first-order valence-corrected chi connectivity index (χ1v) is 14.1. The lowest BCUT2D eigenvalue weighted by atomic mass is 9.49. The minimum Gasteiger partial charge on any atom is -0.478 e. The second-order valence-electron chi connectivity index (χ2n) is 11.2. The standard InChI is InChI=1S/C38H28O4/c39-37(40)27-15-11-25(12-16-27)33-34(26-13-17-28(18-14-26)38(41)42)36(32-20-10-24-6-2-4-8-30(24)22-32)35(33)31-19-9-23-5-1-3-7-29(23)21-31/h1-22,33-36H,(H,39,40)(H,41,42). The van der Waals surface area contributed by atoms with Crippen molar-refractivity contribution in [1.82, 2.24) is 0 Å². The minimum absolute atomic E-state index is 0.0566. The van der Waals surface area contributed by atoms with Crippen molar-refractivity contribution in [1.29, 1.82) is 0 Å². The Morgan fingerprint density at radius 2 is 0.690 bits per heavy atom. The summed E-state index contributed by atoms with van der Waals surface area (Å²) in [7, 11) is 0. The normalized spacial score (nSPS) is 19.8. The second kappa shape index (κ2) is 10.3. The van der Waals surface area contributed by atoms with E-state index >= 15 is 0 Å². The van der Waals surface area contributed by atoms with E-state index in [1.165, 1.54) is 32.7 Å². The van der Waals surface area contributed by atoms with Gasteiger partial charge in [-0.2, -0.15) is 0 Å². The van der Waals surface area contributed by atoms with E-state index in [1.807, 2.05) is 36.4 Å². The van der Waals surface area contributed by atoms with Crippen LogP contribution in [0, 0.1) is 0 Å². The summed E-state index contributed by atoms with van der Waals surface area (Å²) in [5.41, 5.74) is 5.13. The van der Waals surface area contributed by atoms with E-state index in [0.29, 0.717) is 0 Å². The Balaban J connectivity index is 1.43. The van der Waals surface area contributed by atoms with Crippen LogP contribution in [0.25, 0.3) is 21.5 Å². The molecule has 204 valence electrons. The lowest BCUT2D eigenvalue weighted by molar-refractivity contribution is 0.0686. The average molecular weight is 549 g/mol. The molecule has 4 heteroatoms.